The molecule has 1 N–H and O–H groups in total. The normalized spacial score (nSPS) is 17.1. The Hall–Kier alpha value is -1.80. The van der Waals surface area contributed by atoms with Crippen LogP contribution in [0.25, 0.3) is 0 Å². The van der Waals surface area contributed by atoms with Gasteiger partial charge in [-0.2, -0.15) is 0 Å². The van der Waals surface area contributed by atoms with E-state index < -0.39 is 0 Å². The predicted octanol–water partition coefficient (Wildman–Crippen LogP) is 4.17. The fourth-order valence-corrected chi connectivity index (χ4v) is 3.06. The summed E-state index contributed by atoms with van der Waals surface area (Å²) in [6.07, 6.45) is 2.73. The summed E-state index contributed by atoms with van der Waals surface area (Å²) in [5.74, 6) is 0.622. The summed E-state index contributed by atoms with van der Waals surface area (Å²) < 4.78 is 0. The molecule has 21 heavy (non-hydrogen) atoms. The van der Waals surface area contributed by atoms with E-state index >= 15 is 0 Å². The molecule has 1 atom stereocenters. The summed E-state index contributed by atoms with van der Waals surface area (Å²) in [6, 6.07) is 16.1. The Balaban J connectivity index is 1.69. The number of halogens is 1. The highest BCUT2D eigenvalue weighted by Gasteiger charge is 2.24. The van der Waals surface area contributed by atoms with Crippen LogP contribution in [0.2, 0.25) is 0 Å². The molecule has 3 rings (SSSR count). The third-order valence-electron chi connectivity index (χ3n) is 4.07. The lowest BCUT2D eigenvalue weighted by molar-refractivity contribution is -0.120. The summed E-state index contributed by atoms with van der Waals surface area (Å²) >= 11 is 5.83. The first-order valence-corrected chi connectivity index (χ1v) is 7.82. The van der Waals surface area contributed by atoms with E-state index in [4.69, 9.17) is 11.6 Å². The van der Waals surface area contributed by atoms with Crippen LogP contribution in [0.15, 0.2) is 48.5 Å². The van der Waals surface area contributed by atoms with E-state index in [1.54, 1.807) is 0 Å². The zero-order valence-corrected chi connectivity index (χ0v) is 12.6. The number of amides is 1. The maximum Gasteiger partial charge on any atom is 0.227 e. The van der Waals surface area contributed by atoms with Gasteiger partial charge in [-0.3, -0.25) is 4.79 Å². The molecule has 0 aliphatic heterocycles. The second-order valence-corrected chi connectivity index (χ2v) is 5.80. The molecule has 0 saturated heterocycles. The van der Waals surface area contributed by atoms with E-state index in [0.29, 0.717) is 5.88 Å². The van der Waals surface area contributed by atoms with Gasteiger partial charge >= 0.3 is 0 Å². The number of carbonyl (C=O) groups is 1. The van der Waals surface area contributed by atoms with Crippen LogP contribution < -0.4 is 5.32 Å². The predicted molar refractivity (Wildman–Crippen MR) is 86.6 cm³/mol. The smallest absolute Gasteiger partial charge is 0.227 e. The molecule has 1 aliphatic rings. The molecule has 1 aliphatic carbocycles. The van der Waals surface area contributed by atoms with Crippen LogP contribution in [0.4, 0.5) is 5.69 Å². The quantitative estimate of drug-likeness (QED) is 0.847. The van der Waals surface area contributed by atoms with E-state index in [2.05, 4.69) is 23.5 Å². The van der Waals surface area contributed by atoms with Gasteiger partial charge in [0.1, 0.15) is 0 Å². The van der Waals surface area contributed by atoms with E-state index in [-0.39, 0.29) is 11.8 Å². The summed E-state index contributed by atoms with van der Waals surface area (Å²) in [7, 11) is 0. The van der Waals surface area contributed by atoms with Gasteiger partial charge in [-0.05, 0) is 48.1 Å². The zero-order chi connectivity index (χ0) is 14.7. The van der Waals surface area contributed by atoms with Crippen LogP contribution in [-0.4, -0.2) is 5.91 Å². The molecule has 0 aromatic heterocycles. The van der Waals surface area contributed by atoms with Gasteiger partial charge in [0.15, 0.2) is 0 Å². The Labute approximate surface area is 130 Å². The Morgan fingerprint density at radius 2 is 1.95 bits per heavy atom. The molecular formula is C18H18ClNO. The molecule has 3 heteroatoms. The number of benzene rings is 2. The maximum absolute atomic E-state index is 12.4. The molecule has 0 fully saturated rings. The molecule has 0 radical (unpaired) electrons. The lowest BCUT2D eigenvalue weighted by Gasteiger charge is -2.23. The summed E-state index contributed by atoms with van der Waals surface area (Å²) in [5, 5.41) is 3.02. The van der Waals surface area contributed by atoms with Gasteiger partial charge in [0.2, 0.25) is 5.91 Å². The largest absolute Gasteiger partial charge is 0.326 e. The highest BCUT2D eigenvalue weighted by atomic mass is 35.5. The van der Waals surface area contributed by atoms with Crippen LogP contribution in [0.1, 0.15) is 23.1 Å². The first-order chi connectivity index (χ1) is 10.3. The fraction of sp³-hybridized carbons (Fsp3) is 0.278. The van der Waals surface area contributed by atoms with Crippen LogP contribution in [-0.2, 0) is 23.5 Å². The molecule has 0 bridgehead atoms. The monoisotopic (exact) mass is 299 g/mol. The van der Waals surface area contributed by atoms with Crippen molar-refractivity contribution < 1.29 is 4.79 Å². The highest BCUT2D eigenvalue weighted by Crippen LogP contribution is 2.26. The maximum atomic E-state index is 12.4. The number of fused-ring (bicyclic) bond motifs is 1. The first-order valence-electron chi connectivity index (χ1n) is 7.29. The van der Waals surface area contributed by atoms with Crippen molar-refractivity contribution >= 4 is 23.2 Å². The van der Waals surface area contributed by atoms with Crippen molar-refractivity contribution in [3.05, 3.63) is 65.2 Å². The Bertz CT molecular complexity index is 653. The highest BCUT2D eigenvalue weighted by molar-refractivity contribution is 6.17. The molecule has 1 amide bonds. The van der Waals surface area contributed by atoms with Crippen molar-refractivity contribution in [2.45, 2.75) is 25.1 Å². The molecule has 0 heterocycles. The van der Waals surface area contributed by atoms with Crippen molar-refractivity contribution in [2.24, 2.45) is 5.92 Å². The molecule has 1 unspecified atom stereocenters. The number of aryl methyl sites for hydroxylation is 1. The van der Waals surface area contributed by atoms with Crippen molar-refractivity contribution in [3.8, 4) is 0 Å². The minimum Gasteiger partial charge on any atom is -0.326 e. The fourth-order valence-electron chi connectivity index (χ4n) is 2.90. The molecule has 108 valence electrons. The molecule has 2 nitrogen and oxygen atoms in total. The molecule has 2 aromatic carbocycles. The number of nitrogens with one attached hydrogen (secondary N) is 1. The van der Waals surface area contributed by atoms with Gasteiger partial charge in [-0.15, -0.1) is 11.6 Å². The van der Waals surface area contributed by atoms with E-state index in [1.807, 2.05) is 30.3 Å². The van der Waals surface area contributed by atoms with Crippen molar-refractivity contribution in [1.82, 2.24) is 0 Å². The van der Waals surface area contributed by atoms with E-state index in [0.717, 1.165) is 30.5 Å². The van der Waals surface area contributed by atoms with Crippen LogP contribution in [0.5, 0.6) is 0 Å². The number of rotatable bonds is 3. The zero-order valence-electron chi connectivity index (χ0n) is 11.8. The van der Waals surface area contributed by atoms with Crippen molar-refractivity contribution in [2.75, 3.05) is 5.32 Å². The Morgan fingerprint density at radius 1 is 1.14 bits per heavy atom. The summed E-state index contributed by atoms with van der Waals surface area (Å²) in [4.78, 5) is 12.4. The van der Waals surface area contributed by atoms with E-state index in [1.165, 1.54) is 11.1 Å². The third kappa shape index (κ3) is 3.27. The molecule has 2 aromatic rings. The minimum absolute atomic E-state index is 0.0551. The molecule has 0 spiro atoms. The number of alkyl halides is 1. The lowest BCUT2D eigenvalue weighted by Crippen LogP contribution is -2.28. The van der Waals surface area contributed by atoms with Gasteiger partial charge in [-0.25, -0.2) is 0 Å². The SMILES string of the molecule is O=C(Nc1cccc(CCl)c1)C1CCc2ccccc2C1. The van der Waals surface area contributed by atoms with E-state index in [9.17, 15) is 4.79 Å². The average molecular weight is 300 g/mol. The third-order valence-corrected chi connectivity index (χ3v) is 4.38. The second-order valence-electron chi connectivity index (χ2n) is 5.53. The van der Waals surface area contributed by atoms with Crippen LogP contribution in [0.3, 0.4) is 0 Å². The number of hydrogen-bond acceptors (Lipinski definition) is 1. The topological polar surface area (TPSA) is 29.1 Å². The second kappa shape index (κ2) is 6.31. The van der Waals surface area contributed by atoms with Crippen LogP contribution >= 0.6 is 11.6 Å². The number of anilines is 1. The van der Waals surface area contributed by atoms with Gasteiger partial charge in [-0.1, -0.05) is 36.4 Å². The Morgan fingerprint density at radius 3 is 2.76 bits per heavy atom. The minimum atomic E-state index is 0.0551. The molecule has 0 saturated carbocycles. The van der Waals surface area contributed by atoms with Crippen LogP contribution in [0, 0.1) is 5.92 Å². The first kappa shape index (κ1) is 14.2. The lowest BCUT2D eigenvalue weighted by atomic mass is 9.83. The number of hydrogen-bond donors (Lipinski definition) is 1. The average Bonchev–Trinajstić information content (AvgIpc) is 2.54. The molecular weight excluding hydrogens is 282 g/mol. The number of carbonyl (C=O) groups excluding carboxylic acids is 1. The van der Waals surface area contributed by atoms with Gasteiger partial charge < -0.3 is 5.32 Å². The summed E-state index contributed by atoms with van der Waals surface area (Å²) in [6.45, 7) is 0. The standard InChI is InChI=1S/C18H18ClNO/c19-12-13-4-3-7-17(10-13)20-18(21)16-9-8-14-5-1-2-6-15(14)11-16/h1-7,10,16H,8-9,11-12H2,(H,20,21). The van der Waals surface area contributed by atoms with Gasteiger partial charge in [0.05, 0.1) is 0 Å². The Kier molecular flexibility index (Phi) is 4.26. The van der Waals surface area contributed by atoms with Gasteiger partial charge in [0, 0.05) is 17.5 Å². The van der Waals surface area contributed by atoms with Crippen molar-refractivity contribution in [1.29, 1.82) is 0 Å². The summed E-state index contributed by atoms with van der Waals surface area (Å²) in [5.41, 5.74) is 4.53. The van der Waals surface area contributed by atoms with Gasteiger partial charge in [0.25, 0.3) is 0 Å². The van der Waals surface area contributed by atoms with Crippen molar-refractivity contribution in [3.63, 3.8) is 0 Å².